The highest BCUT2D eigenvalue weighted by Gasteiger charge is 2.32. The van der Waals surface area contributed by atoms with Crippen LogP contribution in [0.25, 0.3) is 0 Å². The van der Waals surface area contributed by atoms with Gasteiger partial charge in [-0.25, -0.2) is 4.98 Å². The van der Waals surface area contributed by atoms with Crippen molar-refractivity contribution >= 4 is 5.69 Å². The minimum atomic E-state index is -4.37. The smallest absolute Gasteiger partial charge is 0.381 e. The van der Waals surface area contributed by atoms with Gasteiger partial charge in [0, 0.05) is 6.04 Å². The Bertz CT molecular complexity index is 404. The molecule has 1 aromatic rings. The first-order valence-corrected chi connectivity index (χ1v) is 6.67. The maximum Gasteiger partial charge on any atom is 0.433 e. The minimum Gasteiger partial charge on any atom is -0.381 e. The van der Waals surface area contributed by atoms with Gasteiger partial charge < -0.3 is 5.32 Å². The lowest BCUT2D eigenvalue weighted by molar-refractivity contribution is -0.141. The molecule has 0 aromatic carbocycles. The first-order chi connectivity index (χ1) is 8.88. The molecular formula is C14H19F3N2. The zero-order valence-electron chi connectivity index (χ0n) is 11.2. The number of nitrogens with one attached hydrogen (secondary N) is 1. The van der Waals surface area contributed by atoms with Crippen molar-refractivity contribution in [3.63, 3.8) is 0 Å². The van der Waals surface area contributed by atoms with Crippen molar-refractivity contribution in [2.24, 2.45) is 11.8 Å². The first kappa shape index (κ1) is 14.2. The SMILES string of the molecule is CC1CCCC(C)C1Nc1ccc(C(F)(F)F)nc1. The normalized spacial score (nSPS) is 28.2. The van der Waals surface area contributed by atoms with Gasteiger partial charge in [0.25, 0.3) is 0 Å². The zero-order valence-corrected chi connectivity index (χ0v) is 11.2. The lowest BCUT2D eigenvalue weighted by Gasteiger charge is -2.35. The highest BCUT2D eigenvalue weighted by Crippen LogP contribution is 2.32. The molecule has 19 heavy (non-hydrogen) atoms. The van der Waals surface area contributed by atoms with Crippen molar-refractivity contribution in [3.05, 3.63) is 24.0 Å². The molecule has 0 amide bonds. The standard InChI is InChI=1S/C14H19F3N2/c1-9-4-3-5-10(2)13(9)19-11-6-7-12(18-8-11)14(15,16)17/h6-10,13,19H,3-5H2,1-2H3. The summed E-state index contributed by atoms with van der Waals surface area (Å²) < 4.78 is 37.3. The molecule has 0 aliphatic heterocycles. The van der Waals surface area contributed by atoms with E-state index in [1.165, 1.54) is 18.7 Å². The van der Waals surface area contributed by atoms with Crippen molar-refractivity contribution in [1.29, 1.82) is 0 Å². The average molecular weight is 272 g/mol. The van der Waals surface area contributed by atoms with Crippen LogP contribution < -0.4 is 5.32 Å². The number of hydrogen-bond donors (Lipinski definition) is 1. The molecule has 2 atom stereocenters. The summed E-state index contributed by atoms with van der Waals surface area (Å²) in [7, 11) is 0. The summed E-state index contributed by atoms with van der Waals surface area (Å²) in [5.41, 5.74) is -0.179. The Balaban J connectivity index is 2.07. The van der Waals surface area contributed by atoms with Gasteiger partial charge in [-0.3, -0.25) is 0 Å². The van der Waals surface area contributed by atoms with E-state index in [-0.39, 0.29) is 0 Å². The molecule has 1 N–H and O–H groups in total. The number of alkyl halides is 3. The van der Waals surface area contributed by atoms with E-state index in [1.54, 1.807) is 0 Å². The number of hydrogen-bond acceptors (Lipinski definition) is 2. The Morgan fingerprint density at radius 3 is 2.26 bits per heavy atom. The molecule has 0 bridgehead atoms. The molecule has 2 unspecified atom stereocenters. The third-order valence-corrected chi connectivity index (χ3v) is 3.93. The number of rotatable bonds is 2. The molecule has 1 aliphatic carbocycles. The van der Waals surface area contributed by atoms with E-state index in [0.29, 0.717) is 23.6 Å². The molecule has 106 valence electrons. The van der Waals surface area contributed by atoms with Crippen molar-refractivity contribution < 1.29 is 13.2 Å². The zero-order chi connectivity index (χ0) is 14.0. The van der Waals surface area contributed by atoms with Crippen LogP contribution in [0.5, 0.6) is 0 Å². The van der Waals surface area contributed by atoms with Crippen LogP contribution in [-0.4, -0.2) is 11.0 Å². The number of nitrogens with zero attached hydrogens (tertiary/aromatic N) is 1. The van der Waals surface area contributed by atoms with E-state index in [4.69, 9.17) is 0 Å². The first-order valence-electron chi connectivity index (χ1n) is 6.67. The Morgan fingerprint density at radius 1 is 1.16 bits per heavy atom. The fourth-order valence-corrected chi connectivity index (χ4v) is 2.81. The second-order valence-electron chi connectivity index (χ2n) is 5.49. The number of aromatic nitrogens is 1. The van der Waals surface area contributed by atoms with Crippen LogP contribution in [-0.2, 0) is 6.18 Å². The monoisotopic (exact) mass is 272 g/mol. The average Bonchev–Trinajstić information content (AvgIpc) is 2.33. The molecule has 1 heterocycles. The summed E-state index contributed by atoms with van der Waals surface area (Å²) in [4.78, 5) is 3.48. The Labute approximate surface area is 111 Å². The lowest BCUT2D eigenvalue weighted by Crippen LogP contribution is -2.37. The topological polar surface area (TPSA) is 24.9 Å². The number of halogens is 3. The minimum absolute atomic E-state index is 0.312. The molecule has 2 rings (SSSR count). The third kappa shape index (κ3) is 3.39. The summed E-state index contributed by atoms with van der Waals surface area (Å²) in [6.07, 6.45) is 0.457. The van der Waals surface area contributed by atoms with E-state index in [1.807, 2.05) is 0 Å². The molecule has 1 aliphatic rings. The summed E-state index contributed by atoms with van der Waals surface area (Å²) >= 11 is 0. The van der Waals surface area contributed by atoms with Gasteiger partial charge in [-0.05, 0) is 36.8 Å². The van der Waals surface area contributed by atoms with E-state index < -0.39 is 11.9 Å². The molecular weight excluding hydrogens is 253 g/mol. The Morgan fingerprint density at radius 2 is 1.79 bits per heavy atom. The van der Waals surface area contributed by atoms with Gasteiger partial charge in [0.1, 0.15) is 5.69 Å². The van der Waals surface area contributed by atoms with Gasteiger partial charge in [-0.15, -0.1) is 0 Å². The number of pyridine rings is 1. The van der Waals surface area contributed by atoms with Gasteiger partial charge in [0.05, 0.1) is 11.9 Å². The van der Waals surface area contributed by atoms with Crippen LogP contribution in [0.4, 0.5) is 18.9 Å². The van der Waals surface area contributed by atoms with Crippen molar-refractivity contribution in [2.45, 2.75) is 45.3 Å². The summed E-state index contributed by atoms with van der Waals surface area (Å²) in [5, 5.41) is 3.33. The summed E-state index contributed by atoms with van der Waals surface area (Å²) in [6.45, 7) is 4.37. The maximum atomic E-state index is 12.4. The summed E-state index contributed by atoms with van der Waals surface area (Å²) in [6, 6.07) is 2.80. The van der Waals surface area contributed by atoms with Crippen LogP contribution in [0.3, 0.4) is 0 Å². The third-order valence-electron chi connectivity index (χ3n) is 3.93. The van der Waals surface area contributed by atoms with Crippen LogP contribution in [0.1, 0.15) is 38.8 Å². The molecule has 5 heteroatoms. The van der Waals surface area contributed by atoms with Gasteiger partial charge >= 0.3 is 6.18 Å². The molecule has 0 saturated heterocycles. The van der Waals surface area contributed by atoms with Crippen molar-refractivity contribution in [3.8, 4) is 0 Å². The predicted octanol–water partition coefficient (Wildman–Crippen LogP) is 4.34. The highest BCUT2D eigenvalue weighted by molar-refractivity contribution is 5.42. The molecule has 0 radical (unpaired) electrons. The fourth-order valence-electron chi connectivity index (χ4n) is 2.81. The lowest BCUT2D eigenvalue weighted by atomic mass is 9.78. The quantitative estimate of drug-likeness (QED) is 0.866. The Hall–Kier alpha value is -1.26. The van der Waals surface area contributed by atoms with E-state index in [9.17, 15) is 13.2 Å². The molecule has 0 spiro atoms. The summed E-state index contributed by atoms with van der Waals surface area (Å²) in [5.74, 6) is 1.07. The van der Waals surface area contributed by atoms with Gasteiger partial charge in [0.15, 0.2) is 0 Å². The Kier molecular flexibility index (Phi) is 4.02. The van der Waals surface area contributed by atoms with Crippen LogP contribution in [0, 0.1) is 11.8 Å². The van der Waals surface area contributed by atoms with Crippen LogP contribution in [0.2, 0.25) is 0 Å². The van der Waals surface area contributed by atoms with E-state index in [0.717, 1.165) is 18.9 Å². The van der Waals surface area contributed by atoms with Gasteiger partial charge in [-0.2, -0.15) is 13.2 Å². The van der Waals surface area contributed by atoms with Crippen LogP contribution >= 0.6 is 0 Å². The van der Waals surface area contributed by atoms with Gasteiger partial charge in [-0.1, -0.05) is 20.3 Å². The molecule has 1 saturated carbocycles. The van der Waals surface area contributed by atoms with Gasteiger partial charge in [0.2, 0.25) is 0 Å². The second-order valence-corrected chi connectivity index (χ2v) is 5.49. The maximum absolute atomic E-state index is 12.4. The fraction of sp³-hybridized carbons (Fsp3) is 0.643. The van der Waals surface area contributed by atoms with Crippen molar-refractivity contribution in [1.82, 2.24) is 4.98 Å². The molecule has 1 fully saturated rings. The van der Waals surface area contributed by atoms with Crippen molar-refractivity contribution in [2.75, 3.05) is 5.32 Å². The molecule has 2 nitrogen and oxygen atoms in total. The predicted molar refractivity (Wildman–Crippen MR) is 68.8 cm³/mol. The highest BCUT2D eigenvalue weighted by atomic mass is 19.4. The van der Waals surface area contributed by atoms with E-state index in [2.05, 4.69) is 24.1 Å². The second kappa shape index (κ2) is 5.39. The largest absolute Gasteiger partial charge is 0.433 e. The number of anilines is 1. The van der Waals surface area contributed by atoms with Crippen LogP contribution in [0.15, 0.2) is 18.3 Å². The van der Waals surface area contributed by atoms with E-state index >= 15 is 0 Å². The molecule has 1 aromatic heterocycles.